The predicted molar refractivity (Wildman–Crippen MR) is 326 cm³/mol. The fourth-order valence-corrected chi connectivity index (χ4v) is 13.4. The Morgan fingerprint density at radius 1 is 0.510 bits per heavy atom. The third kappa shape index (κ3) is 12.2. The highest BCUT2D eigenvalue weighted by Crippen LogP contribution is 2.43. The normalized spacial score (nSPS) is 19.9. The van der Waals surface area contributed by atoms with Gasteiger partial charge in [0.1, 0.15) is 58.4 Å². The van der Waals surface area contributed by atoms with Crippen LogP contribution in [0.15, 0.2) is 91.1 Å². The van der Waals surface area contributed by atoms with Gasteiger partial charge < -0.3 is 47.3 Å². The van der Waals surface area contributed by atoms with Crippen LogP contribution in [0.3, 0.4) is 0 Å². The van der Waals surface area contributed by atoms with Crippen LogP contribution in [-0.2, 0) is 40.0 Å². The molecule has 0 saturated carbocycles. The molecule has 0 spiro atoms. The van der Waals surface area contributed by atoms with Gasteiger partial charge in [0.25, 0.3) is 17.7 Å². The Bertz CT molecular complexity index is 4570. The van der Waals surface area contributed by atoms with Gasteiger partial charge in [-0.2, -0.15) is 22.0 Å². The van der Waals surface area contributed by atoms with Crippen molar-refractivity contribution in [1.82, 2.24) is 73.9 Å². The number of carbonyl (C=O) groups excluding carboxylic acids is 3. The van der Waals surface area contributed by atoms with Crippen molar-refractivity contribution in [3.05, 3.63) is 185 Å². The summed E-state index contributed by atoms with van der Waals surface area (Å²) < 4.78 is 133. The summed E-state index contributed by atoms with van der Waals surface area (Å²) in [5.74, 6) is -0.173. The van der Waals surface area contributed by atoms with Crippen molar-refractivity contribution >= 4 is 75.7 Å². The van der Waals surface area contributed by atoms with E-state index in [2.05, 4.69) is 50.3 Å². The van der Waals surface area contributed by atoms with E-state index >= 15 is 0 Å². The Balaban J connectivity index is 0.000000130. The molecule has 6 bridgehead atoms. The Kier molecular flexibility index (Phi) is 18.3. The number of ether oxygens (including phenoxy) is 4. The van der Waals surface area contributed by atoms with Crippen molar-refractivity contribution < 1.29 is 68.5 Å². The smallest absolute Gasteiger partial charge is 0.417 e. The first-order valence-corrected chi connectivity index (χ1v) is 31.0. The second-order valence-corrected chi connectivity index (χ2v) is 24.4. The number of hydrogen-bond donors (Lipinski definition) is 0. The molecule has 498 valence electrons. The highest BCUT2D eigenvalue weighted by molar-refractivity contribution is 6.44. The third-order valence-corrected chi connectivity index (χ3v) is 18.8. The van der Waals surface area contributed by atoms with Crippen molar-refractivity contribution in [2.75, 3.05) is 39.6 Å². The monoisotopic (exact) mass is 1430 g/mol. The van der Waals surface area contributed by atoms with Gasteiger partial charge in [-0.25, -0.2) is 23.1 Å². The highest BCUT2D eigenvalue weighted by Gasteiger charge is 2.48. The molecular weight excluding hydrogens is 1380 g/mol. The molecule has 3 saturated heterocycles. The molecule has 35 heteroatoms. The standard InChI is InChI=1S/C21H16ClF4N5O2.C20H15Cl2F2N5O3.C20H15Cl2F2N5O2/c1-10-14(23)5-6-15(27-10)18-28-29-19-16-9-33-8-11(7-30(18)19)31(16)20(32)12-3-2-4-13(17(12)22)21(24,25)26;21-13-3-1-2-12(16(13)22)19(30)29-10-7-28-17(26-27-18(28)15(29)9-31-8-10)14-6-11(4-5-25-14)32-20(23)24;1-9-12(23)4-5-14(25-9)18-26-27-19-15-8-31-7-10(6-28(18)19)29(15)20(30)11-2-3-13(24)17(22)16(11)21/h2-6,11,16H,7-9H2,1H3;1-6,10,15,20H,7-9H2;2-5,10,15H,6-8H2,1H3/t11-,16-;2*10-,15-/m111/s1. The van der Waals surface area contributed by atoms with Crippen molar-refractivity contribution in [2.24, 2.45) is 0 Å². The number of morpholine rings is 3. The lowest BCUT2D eigenvalue weighted by Gasteiger charge is -2.45. The maximum atomic E-state index is 13.7. The van der Waals surface area contributed by atoms with Crippen LogP contribution in [0.25, 0.3) is 34.6 Å². The van der Waals surface area contributed by atoms with Gasteiger partial charge in [-0.05, 0) is 80.6 Å². The van der Waals surface area contributed by atoms with E-state index in [9.17, 15) is 49.5 Å². The highest BCUT2D eigenvalue weighted by atomic mass is 35.5. The molecule has 15 rings (SSSR count). The molecule has 96 heavy (non-hydrogen) atoms. The van der Waals surface area contributed by atoms with E-state index in [-0.39, 0.29) is 94.3 Å². The summed E-state index contributed by atoms with van der Waals surface area (Å²) in [5, 5.41) is 24.8. The minimum Gasteiger partial charge on any atom is -0.435 e. The summed E-state index contributed by atoms with van der Waals surface area (Å²) in [4.78, 5) is 57.6. The van der Waals surface area contributed by atoms with Gasteiger partial charge in [0.05, 0.1) is 117 Å². The molecule has 0 aliphatic carbocycles. The number of pyridine rings is 3. The molecule has 0 unspecified atom stereocenters. The first kappa shape index (κ1) is 66.1. The molecule has 6 aliphatic heterocycles. The third-order valence-electron chi connectivity index (χ3n) is 16.7. The molecule has 0 N–H and O–H groups in total. The lowest BCUT2D eigenvalue weighted by Crippen LogP contribution is -2.56. The number of aromatic nitrogens is 12. The number of fused-ring (bicyclic) bond motifs is 12. The zero-order chi connectivity index (χ0) is 67.8. The fourth-order valence-electron chi connectivity index (χ4n) is 12.3. The molecule has 3 fully saturated rings. The largest absolute Gasteiger partial charge is 0.435 e. The number of nitrogens with zero attached hydrogens (tertiary/aromatic N) is 15. The number of benzene rings is 3. The summed E-state index contributed by atoms with van der Waals surface area (Å²) in [6, 6.07) is 16.1. The van der Waals surface area contributed by atoms with Gasteiger partial charge in [-0.15, -0.1) is 30.6 Å². The van der Waals surface area contributed by atoms with Crippen LogP contribution in [0.1, 0.15) is 83.6 Å². The Morgan fingerprint density at radius 2 is 0.938 bits per heavy atom. The van der Waals surface area contributed by atoms with Crippen LogP contribution < -0.4 is 4.74 Å². The van der Waals surface area contributed by atoms with Gasteiger partial charge in [-0.1, -0.05) is 70.1 Å². The number of alkyl halides is 5. The zero-order valence-electron chi connectivity index (χ0n) is 49.5. The molecule has 3 amide bonds. The van der Waals surface area contributed by atoms with Crippen molar-refractivity contribution in [3.63, 3.8) is 0 Å². The summed E-state index contributed by atoms with van der Waals surface area (Å²) in [6.07, 6.45) is -3.33. The van der Waals surface area contributed by atoms with Gasteiger partial charge in [0.2, 0.25) is 0 Å². The Hall–Kier alpha value is -8.49. The minimum absolute atomic E-state index is 0.0333. The van der Waals surface area contributed by atoms with E-state index in [0.717, 1.165) is 18.2 Å². The number of hydrogen-bond acceptors (Lipinski definition) is 16. The van der Waals surface area contributed by atoms with Gasteiger partial charge >= 0.3 is 12.8 Å². The maximum Gasteiger partial charge on any atom is 0.417 e. The van der Waals surface area contributed by atoms with E-state index < -0.39 is 76.8 Å². The van der Waals surface area contributed by atoms with Crippen LogP contribution in [0.5, 0.6) is 5.75 Å². The summed E-state index contributed by atoms with van der Waals surface area (Å²) in [6.45, 7) is 2.37. The molecular formula is C61H46Cl5F8N15O7. The molecule has 22 nitrogen and oxygen atoms in total. The average Bonchev–Trinajstić information content (AvgIpc) is 1.43. The van der Waals surface area contributed by atoms with Crippen molar-refractivity contribution in [2.45, 2.75) is 82.5 Å². The van der Waals surface area contributed by atoms with Crippen molar-refractivity contribution in [3.8, 4) is 40.3 Å². The first-order chi connectivity index (χ1) is 46.0. The summed E-state index contributed by atoms with van der Waals surface area (Å²) in [7, 11) is 0. The maximum absolute atomic E-state index is 13.7. The molecule has 6 atom stereocenters. The molecule has 0 radical (unpaired) electrons. The number of amides is 3. The predicted octanol–water partition coefficient (Wildman–Crippen LogP) is 11.7. The van der Waals surface area contributed by atoms with Crippen LogP contribution in [0.2, 0.25) is 25.1 Å². The van der Waals surface area contributed by atoms with Gasteiger partial charge in [0.15, 0.2) is 34.9 Å². The quantitative estimate of drug-likeness (QED) is 0.102. The lowest BCUT2D eigenvalue weighted by atomic mass is 10.0. The molecule has 9 aromatic rings. The number of aryl methyl sites for hydroxylation is 2. The fraction of sp³-hybridized carbons (Fsp3) is 0.311. The molecule has 6 aromatic heterocycles. The van der Waals surface area contributed by atoms with E-state index in [1.54, 1.807) is 45.6 Å². The van der Waals surface area contributed by atoms with E-state index in [1.807, 2.05) is 9.13 Å². The zero-order valence-corrected chi connectivity index (χ0v) is 53.3. The lowest BCUT2D eigenvalue weighted by molar-refractivity contribution is -0.137. The van der Waals surface area contributed by atoms with E-state index in [4.69, 9.17) is 72.2 Å². The second-order valence-electron chi connectivity index (χ2n) is 22.5. The van der Waals surface area contributed by atoms with Crippen LogP contribution in [0, 0.1) is 31.3 Å². The number of carbonyl (C=O) groups is 3. The average molecular weight is 1430 g/mol. The van der Waals surface area contributed by atoms with Crippen LogP contribution in [0.4, 0.5) is 35.1 Å². The SMILES string of the molecule is Cc1nc(-c2nnc3n2C[C@@H]2COC[C@H]3N2C(=O)c2ccc(F)c(Cl)c2Cl)ccc1F.Cc1nc(-c2nnc3n2C[C@@H]2COC[C@H]3N2C(=O)c2cccc(C(F)(F)F)c2Cl)ccc1F.O=C(c1cccc(Cl)c1Cl)N1[C@H]2COC[C@@H]1c1nnc(-c3cc(OC(F)F)ccn3)n1C2. The topological polar surface area (TPSA) is 229 Å². The van der Waals surface area contributed by atoms with Gasteiger partial charge in [-0.3, -0.25) is 19.4 Å². The summed E-state index contributed by atoms with van der Waals surface area (Å²) in [5.41, 5.74) is 0.797. The molecule has 3 aromatic carbocycles. The second kappa shape index (κ2) is 26.5. The first-order valence-electron chi connectivity index (χ1n) is 29.1. The number of rotatable bonds is 8. The number of halogens is 13. The van der Waals surface area contributed by atoms with Crippen molar-refractivity contribution in [1.29, 1.82) is 0 Å². The van der Waals surface area contributed by atoms with E-state index in [1.165, 1.54) is 60.5 Å². The van der Waals surface area contributed by atoms with Crippen LogP contribution >= 0.6 is 58.0 Å². The van der Waals surface area contributed by atoms with Crippen LogP contribution in [-0.4, -0.2) is 156 Å². The van der Waals surface area contributed by atoms with E-state index in [0.29, 0.717) is 88.9 Å². The Labute approximate surface area is 562 Å². The minimum atomic E-state index is -4.69. The molecule has 6 aliphatic rings. The molecule has 12 heterocycles. The van der Waals surface area contributed by atoms with Gasteiger partial charge in [0, 0.05) is 31.9 Å². The Morgan fingerprint density at radius 3 is 1.39 bits per heavy atom. The summed E-state index contributed by atoms with van der Waals surface area (Å²) >= 11 is 30.4.